The van der Waals surface area contributed by atoms with E-state index in [2.05, 4.69) is 15.4 Å². The standard InChI is InChI=1S/C21H23Cl2N5O3/c1-10-19-14(3-4-24-10)18(11(2)29)26-27(19)9-17(30)28-15-5-12(15)6-16(28)20(31)25-8-13-7-21(13,22)23/h3-4,12-13,15-16H,5-9H2,1-2H3,(H,25,31)/t12-,13-,15-,16+/m1/s1. The van der Waals surface area contributed by atoms with Crippen LogP contribution in [0, 0.1) is 18.8 Å². The Bertz CT molecular complexity index is 1110. The lowest BCUT2D eigenvalue weighted by atomic mass is 10.1. The fourth-order valence-corrected chi connectivity index (χ4v) is 5.29. The number of carbonyl (C=O) groups excluding carboxylic acids is 3. The van der Waals surface area contributed by atoms with Gasteiger partial charge in [0.15, 0.2) is 5.78 Å². The Hall–Kier alpha value is -2.19. The summed E-state index contributed by atoms with van der Waals surface area (Å²) in [5.74, 6) is -0.0909. The van der Waals surface area contributed by atoms with Crippen molar-refractivity contribution in [3.63, 3.8) is 0 Å². The van der Waals surface area contributed by atoms with E-state index in [-0.39, 0.29) is 36.1 Å². The number of fused-ring (bicyclic) bond motifs is 2. The van der Waals surface area contributed by atoms with Crippen LogP contribution in [-0.4, -0.2) is 60.2 Å². The Balaban J connectivity index is 1.35. The van der Waals surface area contributed by atoms with Gasteiger partial charge in [0.05, 0.1) is 11.2 Å². The molecule has 0 aromatic carbocycles. The summed E-state index contributed by atoms with van der Waals surface area (Å²) in [5.41, 5.74) is 1.69. The lowest BCUT2D eigenvalue weighted by molar-refractivity contribution is -0.140. The molecule has 3 aliphatic rings. The van der Waals surface area contributed by atoms with Gasteiger partial charge in [-0.1, -0.05) is 0 Å². The highest BCUT2D eigenvalue weighted by Crippen LogP contribution is 2.53. The zero-order valence-corrected chi connectivity index (χ0v) is 18.8. The highest BCUT2D eigenvalue weighted by atomic mass is 35.5. The molecule has 164 valence electrons. The molecule has 10 heteroatoms. The number of nitrogens with one attached hydrogen (secondary N) is 1. The maximum absolute atomic E-state index is 13.3. The lowest BCUT2D eigenvalue weighted by Crippen LogP contribution is -2.49. The summed E-state index contributed by atoms with van der Waals surface area (Å²) >= 11 is 12.1. The maximum atomic E-state index is 13.3. The van der Waals surface area contributed by atoms with Crippen molar-refractivity contribution < 1.29 is 14.4 Å². The van der Waals surface area contributed by atoms with E-state index in [9.17, 15) is 14.4 Å². The van der Waals surface area contributed by atoms with E-state index in [1.165, 1.54) is 6.92 Å². The Labute approximate surface area is 189 Å². The normalized spacial score (nSPS) is 27.8. The molecule has 1 N–H and O–H groups in total. The van der Waals surface area contributed by atoms with E-state index >= 15 is 0 Å². The molecule has 1 saturated heterocycles. The van der Waals surface area contributed by atoms with Gasteiger partial charge in [-0.25, -0.2) is 0 Å². The van der Waals surface area contributed by atoms with Crippen LogP contribution in [-0.2, 0) is 16.1 Å². The Morgan fingerprint density at radius 3 is 2.71 bits per heavy atom. The van der Waals surface area contributed by atoms with E-state index in [1.807, 2.05) is 6.92 Å². The predicted molar refractivity (Wildman–Crippen MR) is 115 cm³/mol. The maximum Gasteiger partial charge on any atom is 0.245 e. The van der Waals surface area contributed by atoms with Crippen LogP contribution in [0.2, 0.25) is 0 Å². The fourth-order valence-electron chi connectivity index (χ4n) is 4.77. The van der Waals surface area contributed by atoms with Crippen LogP contribution in [0.3, 0.4) is 0 Å². The molecule has 0 spiro atoms. The van der Waals surface area contributed by atoms with Gasteiger partial charge in [-0.3, -0.25) is 24.0 Å². The van der Waals surface area contributed by atoms with Gasteiger partial charge in [0, 0.05) is 37.0 Å². The number of likely N-dealkylation sites (tertiary alicyclic amines) is 1. The van der Waals surface area contributed by atoms with Gasteiger partial charge in [-0.15, -0.1) is 23.2 Å². The largest absolute Gasteiger partial charge is 0.354 e. The molecule has 0 bridgehead atoms. The molecule has 0 unspecified atom stereocenters. The van der Waals surface area contributed by atoms with Gasteiger partial charge in [0.2, 0.25) is 11.8 Å². The monoisotopic (exact) mass is 463 g/mol. The Kier molecular flexibility index (Phi) is 4.79. The molecular weight excluding hydrogens is 441 g/mol. The molecule has 4 atom stereocenters. The number of ketones is 1. The SMILES string of the molecule is CC(=O)c1nn(CC(=O)N2[C@@H]3C[C@@H]3C[C@H]2C(=O)NC[C@H]2CC2(Cl)Cl)c2c(C)nccc12. The van der Waals surface area contributed by atoms with E-state index in [1.54, 1.807) is 21.8 Å². The number of pyridine rings is 1. The van der Waals surface area contributed by atoms with E-state index in [0.29, 0.717) is 47.6 Å². The second-order valence-corrected chi connectivity index (χ2v) is 10.4. The summed E-state index contributed by atoms with van der Waals surface area (Å²) in [4.78, 5) is 44.1. The first-order valence-electron chi connectivity index (χ1n) is 10.5. The predicted octanol–water partition coefficient (Wildman–Crippen LogP) is 2.24. The first-order chi connectivity index (χ1) is 14.7. The minimum absolute atomic E-state index is 0.0432. The minimum atomic E-state index is -0.748. The van der Waals surface area contributed by atoms with Crippen molar-refractivity contribution in [1.29, 1.82) is 0 Å². The molecule has 31 heavy (non-hydrogen) atoms. The fraction of sp³-hybridized carbons (Fsp3) is 0.571. The topological polar surface area (TPSA) is 97.2 Å². The molecule has 5 rings (SSSR count). The zero-order chi connectivity index (χ0) is 22.1. The average Bonchev–Trinajstić information content (AvgIpc) is 3.48. The van der Waals surface area contributed by atoms with Gasteiger partial charge < -0.3 is 10.2 Å². The summed E-state index contributed by atoms with van der Waals surface area (Å²) in [6.07, 6.45) is 3.87. The van der Waals surface area contributed by atoms with Crippen molar-refractivity contribution in [3.8, 4) is 0 Å². The summed E-state index contributed by atoms with van der Waals surface area (Å²) in [6.45, 7) is 3.65. The first-order valence-corrected chi connectivity index (χ1v) is 11.2. The summed E-state index contributed by atoms with van der Waals surface area (Å²) < 4.78 is 0.795. The van der Waals surface area contributed by atoms with Crippen LogP contribution in [0.5, 0.6) is 0 Å². The number of aromatic nitrogens is 3. The van der Waals surface area contributed by atoms with Crippen molar-refractivity contribution in [1.82, 2.24) is 25.0 Å². The number of carbonyl (C=O) groups is 3. The van der Waals surface area contributed by atoms with Crippen LogP contribution < -0.4 is 5.32 Å². The third-order valence-electron chi connectivity index (χ3n) is 6.63. The highest BCUT2D eigenvalue weighted by molar-refractivity contribution is 6.50. The molecule has 2 aromatic heterocycles. The molecular formula is C21H23Cl2N5O3. The molecule has 0 radical (unpaired) electrons. The van der Waals surface area contributed by atoms with Gasteiger partial charge in [0.1, 0.15) is 22.6 Å². The molecule has 2 aliphatic carbocycles. The first kappa shape index (κ1) is 20.7. The molecule has 8 nitrogen and oxygen atoms in total. The molecule has 2 aromatic rings. The van der Waals surface area contributed by atoms with Gasteiger partial charge >= 0.3 is 0 Å². The lowest BCUT2D eigenvalue weighted by Gasteiger charge is -2.27. The number of rotatable bonds is 6. The molecule has 2 amide bonds. The van der Waals surface area contributed by atoms with Crippen LogP contribution >= 0.6 is 23.2 Å². The number of amides is 2. The van der Waals surface area contributed by atoms with Crippen molar-refractivity contribution in [2.75, 3.05) is 6.54 Å². The third kappa shape index (κ3) is 3.59. The molecule has 2 saturated carbocycles. The van der Waals surface area contributed by atoms with Crippen LogP contribution in [0.15, 0.2) is 12.3 Å². The Morgan fingerprint density at radius 1 is 1.29 bits per heavy atom. The van der Waals surface area contributed by atoms with Crippen molar-refractivity contribution >= 4 is 51.7 Å². The number of hydrogen-bond acceptors (Lipinski definition) is 5. The van der Waals surface area contributed by atoms with Crippen molar-refractivity contribution in [2.24, 2.45) is 11.8 Å². The number of hydrogen-bond donors (Lipinski definition) is 1. The highest BCUT2D eigenvalue weighted by Gasteiger charge is 2.56. The molecule has 3 heterocycles. The van der Waals surface area contributed by atoms with Gasteiger partial charge in [0.25, 0.3) is 0 Å². The third-order valence-corrected chi connectivity index (χ3v) is 7.56. The number of aryl methyl sites for hydroxylation is 1. The van der Waals surface area contributed by atoms with Crippen molar-refractivity contribution in [3.05, 3.63) is 23.7 Å². The number of Topliss-reactive ketones (excluding diaryl/α,β-unsaturated/α-hetero) is 1. The quantitative estimate of drug-likeness (QED) is 0.523. The van der Waals surface area contributed by atoms with E-state index < -0.39 is 10.4 Å². The smallest absolute Gasteiger partial charge is 0.245 e. The summed E-state index contributed by atoms with van der Waals surface area (Å²) in [6, 6.07) is 1.34. The second-order valence-electron chi connectivity index (χ2n) is 8.88. The number of piperidine rings is 1. The minimum Gasteiger partial charge on any atom is -0.354 e. The van der Waals surface area contributed by atoms with Crippen LogP contribution in [0.4, 0.5) is 0 Å². The van der Waals surface area contributed by atoms with Crippen LogP contribution in [0.25, 0.3) is 10.9 Å². The number of alkyl halides is 2. The zero-order valence-electron chi connectivity index (χ0n) is 17.3. The molecule has 3 fully saturated rings. The van der Waals surface area contributed by atoms with Crippen LogP contribution in [0.1, 0.15) is 42.4 Å². The Morgan fingerprint density at radius 2 is 2.03 bits per heavy atom. The molecule has 1 aliphatic heterocycles. The average molecular weight is 464 g/mol. The summed E-state index contributed by atoms with van der Waals surface area (Å²) in [7, 11) is 0. The van der Waals surface area contributed by atoms with E-state index in [0.717, 1.165) is 6.42 Å². The van der Waals surface area contributed by atoms with E-state index in [4.69, 9.17) is 23.2 Å². The van der Waals surface area contributed by atoms with Crippen molar-refractivity contribution in [2.45, 2.75) is 56.1 Å². The summed E-state index contributed by atoms with van der Waals surface area (Å²) in [5, 5.41) is 8.00. The number of nitrogens with zero attached hydrogens (tertiary/aromatic N) is 4. The van der Waals surface area contributed by atoms with Gasteiger partial charge in [-0.05, 0) is 38.2 Å². The number of halogens is 2. The second kappa shape index (κ2) is 7.17. The van der Waals surface area contributed by atoms with Gasteiger partial charge in [-0.2, -0.15) is 5.10 Å².